The van der Waals surface area contributed by atoms with Gasteiger partial charge < -0.3 is 24.0 Å². The second-order valence-electron chi connectivity index (χ2n) is 15.8. The SMILES string of the molecule is Cc1c(N(C(=O)c2cc(-c3cc4c(cc3C(=O)N3Cc5ccccc5C[C@H]3C)CN(C(=O)Cc3ccc(F)cc3F)CC4)n(C)c2C)c2ccc(O)cc2)cc(C#N)n1C. The van der Waals surface area contributed by atoms with Crippen LogP contribution in [0.3, 0.4) is 0 Å². The number of rotatable bonds is 7. The van der Waals surface area contributed by atoms with Gasteiger partial charge >= 0.3 is 0 Å². The number of amides is 3. The van der Waals surface area contributed by atoms with Crippen molar-refractivity contribution in [1.82, 2.24) is 18.9 Å². The third-order valence-electron chi connectivity index (χ3n) is 12.3. The molecule has 6 aromatic rings. The number of aromatic hydroxyl groups is 1. The summed E-state index contributed by atoms with van der Waals surface area (Å²) in [6.45, 7) is 6.70. The van der Waals surface area contributed by atoms with E-state index in [1.807, 2.05) is 67.6 Å². The Morgan fingerprint density at radius 1 is 0.833 bits per heavy atom. The first kappa shape index (κ1) is 39.8. The molecule has 4 aromatic carbocycles. The molecule has 0 spiro atoms. The summed E-state index contributed by atoms with van der Waals surface area (Å²) in [5.74, 6) is -2.31. The largest absolute Gasteiger partial charge is 0.508 e. The highest BCUT2D eigenvalue weighted by atomic mass is 19.1. The minimum atomic E-state index is -0.775. The predicted molar refractivity (Wildman–Crippen MR) is 224 cm³/mol. The molecule has 0 radical (unpaired) electrons. The molecule has 0 unspecified atom stereocenters. The van der Waals surface area contributed by atoms with E-state index in [-0.39, 0.29) is 48.0 Å². The van der Waals surface area contributed by atoms with Gasteiger partial charge in [0.2, 0.25) is 5.91 Å². The average Bonchev–Trinajstić information content (AvgIpc) is 3.70. The summed E-state index contributed by atoms with van der Waals surface area (Å²) >= 11 is 0. The molecule has 4 heterocycles. The fourth-order valence-corrected chi connectivity index (χ4v) is 8.54. The van der Waals surface area contributed by atoms with E-state index in [0.717, 1.165) is 28.8 Å². The number of halogens is 2. The summed E-state index contributed by atoms with van der Waals surface area (Å²) < 4.78 is 31.8. The zero-order chi connectivity index (χ0) is 42.6. The van der Waals surface area contributed by atoms with Crippen LogP contribution in [0.4, 0.5) is 20.2 Å². The molecule has 2 aromatic heterocycles. The van der Waals surface area contributed by atoms with Crippen molar-refractivity contribution in [3.05, 3.63) is 159 Å². The molecule has 0 aliphatic carbocycles. The Hall–Kier alpha value is -7.00. The first-order valence-corrected chi connectivity index (χ1v) is 19.9. The summed E-state index contributed by atoms with van der Waals surface area (Å²) in [4.78, 5) is 48.5. The van der Waals surface area contributed by atoms with Gasteiger partial charge in [0.05, 0.1) is 17.7 Å². The van der Waals surface area contributed by atoms with E-state index in [9.17, 15) is 28.7 Å². The van der Waals surface area contributed by atoms with Crippen molar-refractivity contribution >= 4 is 29.1 Å². The number of hydrogen-bond donors (Lipinski definition) is 1. The summed E-state index contributed by atoms with van der Waals surface area (Å²) in [5, 5.41) is 20.0. The number of anilines is 2. The summed E-state index contributed by atoms with van der Waals surface area (Å²) in [6.07, 6.45) is 0.934. The zero-order valence-corrected chi connectivity index (χ0v) is 34.1. The molecular weight excluding hydrogens is 763 g/mol. The Kier molecular flexibility index (Phi) is 10.4. The van der Waals surface area contributed by atoms with Gasteiger partial charge in [-0.1, -0.05) is 30.3 Å². The number of nitriles is 1. The van der Waals surface area contributed by atoms with Crippen LogP contribution in [0.5, 0.6) is 5.75 Å². The number of hydrogen-bond acceptors (Lipinski definition) is 5. The van der Waals surface area contributed by atoms with Gasteiger partial charge in [-0.15, -0.1) is 0 Å². The van der Waals surface area contributed by atoms with Gasteiger partial charge in [0.25, 0.3) is 11.8 Å². The minimum absolute atomic E-state index is 0.0391. The highest BCUT2D eigenvalue weighted by Gasteiger charge is 2.33. The Morgan fingerprint density at radius 3 is 2.27 bits per heavy atom. The smallest absolute Gasteiger partial charge is 0.264 e. The second-order valence-corrected chi connectivity index (χ2v) is 15.8. The number of benzene rings is 4. The third-order valence-corrected chi connectivity index (χ3v) is 12.3. The molecule has 0 saturated heterocycles. The van der Waals surface area contributed by atoms with E-state index in [1.165, 1.54) is 28.7 Å². The van der Waals surface area contributed by atoms with Gasteiger partial charge in [0.15, 0.2) is 0 Å². The summed E-state index contributed by atoms with van der Waals surface area (Å²) in [5.41, 5.74) is 8.91. The molecule has 304 valence electrons. The molecule has 10 nitrogen and oxygen atoms in total. The maximum absolute atomic E-state index is 15.0. The highest BCUT2D eigenvalue weighted by molar-refractivity contribution is 6.13. The summed E-state index contributed by atoms with van der Waals surface area (Å²) in [6, 6.07) is 27.0. The number of carbonyl (C=O) groups is 3. The molecule has 2 aliphatic heterocycles. The van der Waals surface area contributed by atoms with E-state index < -0.39 is 11.6 Å². The quantitative estimate of drug-likeness (QED) is 0.175. The Morgan fingerprint density at radius 2 is 1.57 bits per heavy atom. The number of phenols is 1. The van der Waals surface area contributed by atoms with Crippen LogP contribution in [0.1, 0.15) is 72.5 Å². The lowest BCUT2D eigenvalue weighted by molar-refractivity contribution is -0.131. The van der Waals surface area contributed by atoms with Gasteiger partial charge in [-0.05, 0) is 116 Å². The number of fused-ring (bicyclic) bond motifs is 2. The maximum Gasteiger partial charge on any atom is 0.264 e. The van der Waals surface area contributed by atoms with Crippen molar-refractivity contribution in [3.8, 4) is 23.1 Å². The lowest BCUT2D eigenvalue weighted by atomic mass is 9.89. The minimum Gasteiger partial charge on any atom is -0.508 e. The van der Waals surface area contributed by atoms with E-state index >= 15 is 4.79 Å². The molecule has 12 heteroatoms. The third kappa shape index (κ3) is 7.10. The van der Waals surface area contributed by atoms with Crippen LogP contribution in [0.2, 0.25) is 0 Å². The highest BCUT2D eigenvalue weighted by Crippen LogP contribution is 2.38. The van der Waals surface area contributed by atoms with Gasteiger partial charge in [-0.25, -0.2) is 8.78 Å². The van der Waals surface area contributed by atoms with Crippen molar-refractivity contribution in [2.45, 2.75) is 59.2 Å². The predicted octanol–water partition coefficient (Wildman–Crippen LogP) is 8.20. The van der Waals surface area contributed by atoms with Crippen molar-refractivity contribution in [2.75, 3.05) is 11.4 Å². The molecule has 0 bridgehead atoms. The normalized spacial score (nSPS) is 14.7. The first-order chi connectivity index (χ1) is 28.7. The molecule has 1 atom stereocenters. The molecule has 60 heavy (non-hydrogen) atoms. The van der Waals surface area contributed by atoms with Crippen molar-refractivity contribution in [1.29, 1.82) is 5.26 Å². The van der Waals surface area contributed by atoms with Gasteiger partial charge in [0.1, 0.15) is 29.1 Å². The van der Waals surface area contributed by atoms with Crippen LogP contribution < -0.4 is 4.90 Å². The van der Waals surface area contributed by atoms with Crippen LogP contribution in [0, 0.1) is 36.8 Å². The number of nitrogens with zero attached hydrogens (tertiary/aromatic N) is 6. The molecule has 0 fully saturated rings. The maximum atomic E-state index is 15.0. The standard InChI is InChI=1S/C48H44F2N6O4/c1-28-18-31-8-6-7-9-34(31)27-55(28)47(59)42-20-35-26-54(46(58)21-33-10-11-36(49)22-43(33)50)17-16-32(35)19-41(42)45-24-40(29(2)53(45)5)48(60)56(37-12-14-39(57)15-13-37)44-23-38(25-51)52(4)30(44)3/h6-15,19-20,22-24,28,57H,16-18,21,26-27H2,1-5H3/t28-/m1/s1. The van der Waals surface area contributed by atoms with E-state index in [1.54, 1.807) is 40.8 Å². The fraction of sp³-hybridized carbons (Fsp3) is 0.250. The molecule has 2 aliphatic rings. The Balaban J connectivity index is 1.22. The first-order valence-electron chi connectivity index (χ1n) is 19.9. The Bertz CT molecular complexity index is 2760. The molecule has 0 saturated carbocycles. The molecule has 1 N–H and O–H groups in total. The van der Waals surface area contributed by atoms with E-state index in [2.05, 4.69) is 12.1 Å². The fourth-order valence-electron chi connectivity index (χ4n) is 8.54. The van der Waals surface area contributed by atoms with E-state index in [4.69, 9.17) is 0 Å². The van der Waals surface area contributed by atoms with Crippen LogP contribution in [-0.4, -0.2) is 54.3 Å². The van der Waals surface area contributed by atoms with Crippen molar-refractivity contribution in [3.63, 3.8) is 0 Å². The number of aromatic nitrogens is 2. The lowest BCUT2D eigenvalue weighted by Crippen LogP contribution is -2.43. The number of phenolic OH excluding ortho intramolecular Hbond substituents is 1. The van der Waals surface area contributed by atoms with Crippen molar-refractivity contribution < 1.29 is 28.3 Å². The van der Waals surface area contributed by atoms with Crippen LogP contribution in [-0.2, 0) is 51.2 Å². The average molecular weight is 807 g/mol. The van der Waals surface area contributed by atoms with Gasteiger partial charge in [0, 0.05) is 79.7 Å². The summed E-state index contributed by atoms with van der Waals surface area (Å²) in [7, 11) is 3.62. The second kappa shape index (κ2) is 15.6. The van der Waals surface area contributed by atoms with Crippen LogP contribution >= 0.6 is 0 Å². The van der Waals surface area contributed by atoms with Gasteiger partial charge in [-0.3, -0.25) is 19.3 Å². The Labute approximate surface area is 347 Å². The van der Waals surface area contributed by atoms with E-state index in [0.29, 0.717) is 76.8 Å². The monoisotopic (exact) mass is 806 g/mol. The van der Waals surface area contributed by atoms with Crippen LogP contribution in [0.25, 0.3) is 11.3 Å². The number of carbonyl (C=O) groups excluding carboxylic acids is 3. The molecular formula is C48H44F2N6O4. The van der Waals surface area contributed by atoms with Crippen molar-refractivity contribution in [2.24, 2.45) is 14.1 Å². The zero-order valence-electron chi connectivity index (χ0n) is 34.1. The lowest BCUT2D eigenvalue weighted by Gasteiger charge is -2.36. The van der Waals surface area contributed by atoms with Gasteiger partial charge in [-0.2, -0.15) is 5.26 Å². The van der Waals surface area contributed by atoms with Crippen LogP contribution in [0.15, 0.2) is 91.0 Å². The topological polar surface area (TPSA) is 115 Å². The molecule has 8 rings (SSSR count). The molecule has 3 amide bonds.